The van der Waals surface area contributed by atoms with Crippen molar-refractivity contribution in [3.63, 3.8) is 0 Å². The Hall–Kier alpha value is -2.13. The van der Waals surface area contributed by atoms with Crippen LogP contribution in [0.25, 0.3) is 0 Å². The zero-order valence-corrected chi connectivity index (χ0v) is 14.1. The highest BCUT2D eigenvalue weighted by Gasteiger charge is 2.21. The fourth-order valence-electron chi connectivity index (χ4n) is 2.73. The number of likely N-dealkylation sites (N-methyl/N-ethyl adjacent to an activating group) is 1. The predicted octanol–water partition coefficient (Wildman–Crippen LogP) is 3.31. The molecule has 2 aromatic rings. The Bertz CT molecular complexity index is 644. The van der Waals surface area contributed by atoms with Crippen LogP contribution in [0.5, 0.6) is 0 Å². The van der Waals surface area contributed by atoms with Gasteiger partial charge in [-0.2, -0.15) is 0 Å². The summed E-state index contributed by atoms with van der Waals surface area (Å²) >= 11 is 0. The summed E-state index contributed by atoms with van der Waals surface area (Å²) in [6, 6.07) is 18.0. The molecular formula is C20H25NO2. The van der Waals surface area contributed by atoms with Crippen LogP contribution in [0.2, 0.25) is 0 Å². The molecular weight excluding hydrogens is 286 g/mol. The Morgan fingerprint density at radius 1 is 1.00 bits per heavy atom. The highest BCUT2D eigenvalue weighted by atomic mass is 16.3. The van der Waals surface area contributed by atoms with Gasteiger partial charge in [-0.15, -0.1) is 0 Å². The van der Waals surface area contributed by atoms with E-state index in [1.807, 2.05) is 42.5 Å². The lowest BCUT2D eigenvalue weighted by atomic mass is 9.98. The molecule has 0 heterocycles. The van der Waals surface area contributed by atoms with Crippen molar-refractivity contribution in [3.05, 3.63) is 71.3 Å². The lowest BCUT2D eigenvalue weighted by Crippen LogP contribution is -2.40. The van der Waals surface area contributed by atoms with Crippen LogP contribution in [0, 0.1) is 0 Å². The Kier molecular flexibility index (Phi) is 5.56. The first-order chi connectivity index (χ1) is 10.9. The van der Waals surface area contributed by atoms with Crippen molar-refractivity contribution in [1.82, 2.24) is 4.90 Å². The molecule has 1 amide bonds. The Balaban J connectivity index is 2.12. The highest BCUT2D eigenvalue weighted by molar-refractivity contribution is 5.95. The third kappa shape index (κ3) is 5.22. The van der Waals surface area contributed by atoms with Crippen molar-refractivity contribution < 1.29 is 9.90 Å². The molecule has 0 aliphatic heterocycles. The summed E-state index contributed by atoms with van der Waals surface area (Å²) in [6.07, 6.45) is 1.72. The van der Waals surface area contributed by atoms with E-state index in [-0.39, 0.29) is 5.91 Å². The Morgan fingerprint density at radius 3 is 2.26 bits per heavy atom. The molecule has 0 aliphatic carbocycles. The highest BCUT2D eigenvalue weighted by Crippen LogP contribution is 2.16. The van der Waals surface area contributed by atoms with Gasteiger partial charge in [-0.1, -0.05) is 48.5 Å². The van der Waals surface area contributed by atoms with Gasteiger partial charge in [-0.05, 0) is 43.9 Å². The van der Waals surface area contributed by atoms with Crippen LogP contribution >= 0.6 is 0 Å². The molecule has 122 valence electrons. The van der Waals surface area contributed by atoms with E-state index >= 15 is 0 Å². The fraction of sp³-hybridized carbons (Fsp3) is 0.350. The quantitative estimate of drug-likeness (QED) is 0.889. The molecule has 2 aromatic carbocycles. The molecule has 23 heavy (non-hydrogen) atoms. The predicted molar refractivity (Wildman–Crippen MR) is 93.6 cm³/mol. The van der Waals surface area contributed by atoms with Crippen LogP contribution in [-0.2, 0) is 12.8 Å². The normalized spacial score (nSPS) is 11.3. The van der Waals surface area contributed by atoms with Gasteiger partial charge in [0.05, 0.1) is 5.60 Å². The Labute approximate surface area is 138 Å². The molecule has 0 unspecified atom stereocenters. The molecule has 0 bridgehead atoms. The second-order valence-electron chi connectivity index (χ2n) is 6.62. The van der Waals surface area contributed by atoms with Crippen LogP contribution in [-0.4, -0.2) is 35.1 Å². The van der Waals surface area contributed by atoms with E-state index in [0.717, 1.165) is 24.0 Å². The van der Waals surface area contributed by atoms with Gasteiger partial charge in [0.15, 0.2) is 0 Å². The zero-order valence-electron chi connectivity index (χ0n) is 14.1. The van der Waals surface area contributed by atoms with Gasteiger partial charge in [-0.25, -0.2) is 0 Å². The summed E-state index contributed by atoms with van der Waals surface area (Å²) in [4.78, 5) is 14.3. The van der Waals surface area contributed by atoms with E-state index < -0.39 is 5.60 Å². The first-order valence-electron chi connectivity index (χ1n) is 7.96. The lowest BCUT2D eigenvalue weighted by Gasteiger charge is -2.26. The smallest absolute Gasteiger partial charge is 0.253 e. The van der Waals surface area contributed by atoms with E-state index in [4.69, 9.17) is 0 Å². The first kappa shape index (κ1) is 17.2. The monoisotopic (exact) mass is 311 g/mol. The zero-order chi connectivity index (χ0) is 16.9. The largest absolute Gasteiger partial charge is 0.389 e. The number of carbonyl (C=O) groups excluding carboxylic acids is 1. The van der Waals surface area contributed by atoms with Crippen molar-refractivity contribution in [2.45, 2.75) is 32.3 Å². The molecule has 0 fully saturated rings. The van der Waals surface area contributed by atoms with Crippen LogP contribution < -0.4 is 0 Å². The van der Waals surface area contributed by atoms with Gasteiger partial charge in [0.2, 0.25) is 0 Å². The average Bonchev–Trinajstić information content (AvgIpc) is 2.52. The van der Waals surface area contributed by atoms with Crippen molar-refractivity contribution >= 4 is 5.91 Å². The number of nitrogens with zero attached hydrogens (tertiary/aromatic N) is 1. The molecule has 0 aliphatic rings. The molecule has 3 heteroatoms. The maximum absolute atomic E-state index is 12.7. The van der Waals surface area contributed by atoms with Gasteiger partial charge in [0.1, 0.15) is 0 Å². The number of rotatable bonds is 6. The van der Waals surface area contributed by atoms with Crippen molar-refractivity contribution in [2.24, 2.45) is 0 Å². The van der Waals surface area contributed by atoms with Crippen molar-refractivity contribution in [2.75, 3.05) is 13.6 Å². The van der Waals surface area contributed by atoms with Gasteiger partial charge in [-0.3, -0.25) is 4.79 Å². The van der Waals surface area contributed by atoms with E-state index in [2.05, 4.69) is 12.1 Å². The SMILES string of the molecule is CN(CC(C)(C)O)C(=O)c1ccccc1CCc1ccccc1. The summed E-state index contributed by atoms with van der Waals surface area (Å²) in [5, 5.41) is 9.91. The number of benzene rings is 2. The third-order valence-corrected chi connectivity index (χ3v) is 3.74. The average molecular weight is 311 g/mol. The standard InChI is InChI=1S/C20H25NO2/c1-20(2,23)15-21(3)19(22)18-12-8-7-11-17(18)14-13-16-9-5-4-6-10-16/h4-12,23H,13-15H2,1-3H3. The molecule has 0 aromatic heterocycles. The summed E-state index contributed by atoms with van der Waals surface area (Å²) < 4.78 is 0. The topological polar surface area (TPSA) is 40.5 Å². The third-order valence-electron chi connectivity index (χ3n) is 3.74. The lowest BCUT2D eigenvalue weighted by molar-refractivity contribution is 0.0367. The van der Waals surface area contributed by atoms with Crippen LogP contribution in [0.4, 0.5) is 0 Å². The Morgan fingerprint density at radius 2 is 1.61 bits per heavy atom. The van der Waals surface area contributed by atoms with Gasteiger partial charge in [0.25, 0.3) is 5.91 Å². The van der Waals surface area contributed by atoms with Crippen LogP contribution in [0.3, 0.4) is 0 Å². The number of amides is 1. The number of hydrogen-bond acceptors (Lipinski definition) is 2. The number of hydrogen-bond donors (Lipinski definition) is 1. The minimum absolute atomic E-state index is 0.0456. The minimum atomic E-state index is -0.899. The molecule has 0 radical (unpaired) electrons. The molecule has 0 saturated heterocycles. The fourth-order valence-corrected chi connectivity index (χ4v) is 2.73. The maximum atomic E-state index is 12.7. The number of carbonyl (C=O) groups is 1. The molecule has 0 atom stereocenters. The molecule has 2 rings (SSSR count). The van der Waals surface area contributed by atoms with Gasteiger partial charge < -0.3 is 10.0 Å². The summed E-state index contributed by atoms with van der Waals surface area (Å²) in [5.41, 5.74) is 2.13. The van der Waals surface area contributed by atoms with Gasteiger partial charge >= 0.3 is 0 Å². The van der Waals surface area contributed by atoms with E-state index in [1.54, 1.807) is 25.8 Å². The molecule has 0 saturated carbocycles. The number of aliphatic hydroxyl groups is 1. The van der Waals surface area contributed by atoms with Crippen molar-refractivity contribution in [3.8, 4) is 0 Å². The van der Waals surface area contributed by atoms with Crippen molar-refractivity contribution in [1.29, 1.82) is 0 Å². The van der Waals surface area contributed by atoms with Gasteiger partial charge in [0, 0.05) is 19.2 Å². The van der Waals surface area contributed by atoms with Crippen LogP contribution in [0.1, 0.15) is 35.3 Å². The first-order valence-corrected chi connectivity index (χ1v) is 7.96. The summed E-state index contributed by atoms with van der Waals surface area (Å²) in [6.45, 7) is 3.72. The second kappa shape index (κ2) is 7.42. The summed E-state index contributed by atoms with van der Waals surface area (Å²) in [7, 11) is 1.73. The van der Waals surface area contributed by atoms with E-state index in [0.29, 0.717) is 6.54 Å². The molecule has 0 spiro atoms. The number of aryl methyl sites for hydroxylation is 2. The molecule has 1 N–H and O–H groups in total. The maximum Gasteiger partial charge on any atom is 0.253 e. The second-order valence-corrected chi connectivity index (χ2v) is 6.62. The molecule has 3 nitrogen and oxygen atoms in total. The van der Waals surface area contributed by atoms with E-state index in [1.165, 1.54) is 5.56 Å². The van der Waals surface area contributed by atoms with E-state index in [9.17, 15) is 9.90 Å². The van der Waals surface area contributed by atoms with Crippen LogP contribution in [0.15, 0.2) is 54.6 Å². The summed E-state index contributed by atoms with van der Waals surface area (Å²) in [5.74, 6) is -0.0456. The minimum Gasteiger partial charge on any atom is -0.389 e.